The monoisotopic (exact) mass is 351 g/mol. The van der Waals surface area contributed by atoms with E-state index in [1.165, 1.54) is 7.11 Å². The first-order valence-corrected chi connectivity index (χ1v) is 8.42. The molecule has 0 aliphatic heterocycles. The maximum atomic E-state index is 12.8. The number of aromatic nitrogens is 2. The Hall–Kier alpha value is -3.15. The molecule has 26 heavy (non-hydrogen) atoms. The molecule has 0 saturated carbocycles. The highest BCUT2D eigenvalue weighted by Gasteiger charge is 2.19. The van der Waals surface area contributed by atoms with Crippen LogP contribution in [0.5, 0.6) is 5.75 Å². The van der Waals surface area contributed by atoms with Gasteiger partial charge in [0, 0.05) is 6.54 Å². The molecule has 1 amide bonds. The van der Waals surface area contributed by atoms with E-state index in [1.807, 2.05) is 32.9 Å². The smallest absolute Gasteiger partial charge is 0.282 e. The number of hydrogen-bond acceptors (Lipinski definition) is 4. The minimum atomic E-state index is -0.554. The Bertz CT molecular complexity index is 1050. The summed E-state index contributed by atoms with van der Waals surface area (Å²) in [4.78, 5) is 29.9. The highest BCUT2D eigenvalue weighted by molar-refractivity contribution is 6.04. The second-order valence-corrected chi connectivity index (χ2v) is 6.09. The van der Waals surface area contributed by atoms with E-state index < -0.39 is 11.5 Å². The van der Waals surface area contributed by atoms with Crippen molar-refractivity contribution >= 4 is 22.6 Å². The fourth-order valence-corrected chi connectivity index (χ4v) is 2.89. The van der Waals surface area contributed by atoms with Gasteiger partial charge >= 0.3 is 0 Å². The average Bonchev–Trinajstić information content (AvgIpc) is 2.63. The lowest BCUT2D eigenvalue weighted by molar-refractivity contribution is 0.102. The summed E-state index contributed by atoms with van der Waals surface area (Å²) in [5, 5.41) is 2.72. The quantitative estimate of drug-likeness (QED) is 0.783. The summed E-state index contributed by atoms with van der Waals surface area (Å²) < 4.78 is 6.81. The van der Waals surface area contributed by atoms with Gasteiger partial charge in [0.2, 0.25) is 0 Å². The van der Waals surface area contributed by atoms with Crippen molar-refractivity contribution in [3.63, 3.8) is 0 Å². The molecule has 0 aliphatic rings. The number of benzene rings is 2. The molecule has 2 aromatic carbocycles. The zero-order valence-corrected chi connectivity index (χ0v) is 15.3. The molecule has 1 heterocycles. The van der Waals surface area contributed by atoms with Crippen molar-refractivity contribution in [3.05, 3.63) is 63.6 Å². The zero-order valence-electron chi connectivity index (χ0n) is 15.3. The fraction of sp³-hybridized carbons (Fsp3) is 0.250. The number of carbonyl (C=O) groups excluding carboxylic acids is 1. The van der Waals surface area contributed by atoms with Gasteiger partial charge in [-0.05, 0) is 56.2 Å². The summed E-state index contributed by atoms with van der Waals surface area (Å²) in [5.41, 5.74) is 3.44. The van der Waals surface area contributed by atoms with Crippen molar-refractivity contribution < 1.29 is 9.53 Å². The first kappa shape index (κ1) is 17.7. The Kier molecular flexibility index (Phi) is 4.75. The largest absolute Gasteiger partial charge is 0.495 e. The van der Waals surface area contributed by atoms with Crippen molar-refractivity contribution in [2.24, 2.45) is 0 Å². The highest BCUT2D eigenvalue weighted by Crippen LogP contribution is 2.23. The van der Waals surface area contributed by atoms with Crippen molar-refractivity contribution in [1.29, 1.82) is 0 Å². The predicted octanol–water partition coefficient (Wildman–Crippen LogP) is 3.29. The van der Waals surface area contributed by atoms with Crippen LogP contribution in [-0.2, 0) is 6.54 Å². The number of aryl methyl sites for hydroxylation is 3. The maximum absolute atomic E-state index is 12.8. The van der Waals surface area contributed by atoms with Crippen LogP contribution in [0.4, 0.5) is 5.69 Å². The van der Waals surface area contributed by atoms with Crippen LogP contribution in [0.15, 0.2) is 41.2 Å². The van der Waals surface area contributed by atoms with E-state index in [-0.39, 0.29) is 5.69 Å². The van der Waals surface area contributed by atoms with Crippen LogP contribution in [0.1, 0.15) is 28.5 Å². The van der Waals surface area contributed by atoms with E-state index in [4.69, 9.17) is 4.74 Å². The van der Waals surface area contributed by atoms with Gasteiger partial charge in [0.05, 0.1) is 23.8 Å². The fourth-order valence-electron chi connectivity index (χ4n) is 2.89. The Morgan fingerprint density at radius 1 is 1.19 bits per heavy atom. The molecule has 0 radical (unpaired) electrons. The summed E-state index contributed by atoms with van der Waals surface area (Å²) in [5.74, 6) is -0.0363. The molecule has 6 heteroatoms. The van der Waals surface area contributed by atoms with Crippen LogP contribution < -0.4 is 15.6 Å². The van der Waals surface area contributed by atoms with E-state index in [0.29, 0.717) is 23.5 Å². The molecular weight excluding hydrogens is 330 g/mol. The summed E-state index contributed by atoms with van der Waals surface area (Å²) in [6.07, 6.45) is 0. The van der Waals surface area contributed by atoms with E-state index in [0.717, 1.165) is 16.6 Å². The molecule has 0 atom stereocenters. The van der Waals surface area contributed by atoms with Gasteiger partial charge < -0.3 is 14.6 Å². The Morgan fingerprint density at radius 3 is 2.58 bits per heavy atom. The van der Waals surface area contributed by atoms with Crippen molar-refractivity contribution in [1.82, 2.24) is 9.55 Å². The lowest BCUT2D eigenvalue weighted by Gasteiger charge is -2.13. The van der Waals surface area contributed by atoms with E-state index >= 15 is 0 Å². The lowest BCUT2D eigenvalue weighted by Crippen LogP contribution is -2.31. The number of nitrogens with zero attached hydrogens (tertiary/aromatic N) is 2. The highest BCUT2D eigenvalue weighted by atomic mass is 16.5. The molecule has 1 aromatic heterocycles. The van der Waals surface area contributed by atoms with Gasteiger partial charge in [0.15, 0.2) is 5.69 Å². The molecule has 134 valence electrons. The molecule has 0 aliphatic carbocycles. The standard InChI is InChI=1S/C20H21N3O3/c1-5-23-16-11-13(3)12(2)10-15(16)21-18(20(23)25)19(24)22-14-8-6-7-9-17(14)26-4/h6-11H,5H2,1-4H3,(H,22,24). The number of methoxy groups -OCH3 is 1. The molecule has 1 N–H and O–H groups in total. The van der Waals surface area contributed by atoms with Gasteiger partial charge in [-0.25, -0.2) is 4.98 Å². The van der Waals surface area contributed by atoms with Crippen molar-refractivity contribution in [3.8, 4) is 5.75 Å². The molecule has 0 saturated heterocycles. The van der Waals surface area contributed by atoms with E-state index in [1.54, 1.807) is 28.8 Å². The second-order valence-electron chi connectivity index (χ2n) is 6.09. The first-order valence-electron chi connectivity index (χ1n) is 8.42. The van der Waals surface area contributed by atoms with Crippen LogP contribution in [0.2, 0.25) is 0 Å². The Labute approximate surface area is 151 Å². The third-order valence-electron chi connectivity index (χ3n) is 4.45. The molecule has 0 unspecified atom stereocenters. The number of carbonyl (C=O) groups is 1. The minimum absolute atomic E-state index is 0.131. The summed E-state index contributed by atoms with van der Waals surface area (Å²) in [6, 6.07) is 10.9. The lowest BCUT2D eigenvalue weighted by atomic mass is 10.1. The van der Waals surface area contributed by atoms with Gasteiger partial charge in [0.1, 0.15) is 5.75 Å². The normalized spacial score (nSPS) is 10.8. The number of rotatable bonds is 4. The van der Waals surface area contributed by atoms with Crippen LogP contribution in [0, 0.1) is 13.8 Å². The number of hydrogen-bond donors (Lipinski definition) is 1. The van der Waals surface area contributed by atoms with Gasteiger partial charge in [-0.1, -0.05) is 12.1 Å². The number of amides is 1. The summed E-state index contributed by atoms with van der Waals surface area (Å²) >= 11 is 0. The number of nitrogens with one attached hydrogen (secondary N) is 1. The summed E-state index contributed by atoms with van der Waals surface area (Å²) in [6.45, 7) is 6.29. The minimum Gasteiger partial charge on any atom is -0.495 e. The molecular formula is C20H21N3O3. The molecule has 0 fully saturated rings. The van der Waals surface area contributed by atoms with Gasteiger partial charge in [-0.3, -0.25) is 9.59 Å². The van der Waals surface area contributed by atoms with E-state index in [2.05, 4.69) is 10.3 Å². The topological polar surface area (TPSA) is 73.2 Å². The Balaban J connectivity index is 2.12. The molecule has 3 aromatic rings. The number of ether oxygens (including phenoxy) is 1. The maximum Gasteiger partial charge on any atom is 0.282 e. The number of fused-ring (bicyclic) bond motifs is 1. The van der Waals surface area contributed by atoms with Crippen molar-refractivity contribution in [2.75, 3.05) is 12.4 Å². The van der Waals surface area contributed by atoms with Gasteiger partial charge in [-0.15, -0.1) is 0 Å². The number of para-hydroxylation sites is 2. The zero-order chi connectivity index (χ0) is 18.8. The first-order chi connectivity index (χ1) is 12.5. The van der Waals surface area contributed by atoms with Crippen LogP contribution >= 0.6 is 0 Å². The molecule has 0 spiro atoms. The molecule has 3 rings (SSSR count). The van der Waals surface area contributed by atoms with Crippen LogP contribution in [0.25, 0.3) is 11.0 Å². The average molecular weight is 351 g/mol. The second kappa shape index (κ2) is 7.00. The SMILES string of the molecule is CCn1c(=O)c(C(=O)Nc2ccccc2OC)nc2cc(C)c(C)cc21. The third kappa shape index (κ3) is 3.06. The Morgan fingerprint density at radius 2 is 1.88 bits per heavy atom. The third-order valence-corrected chi connectivity index (χ3v) is 4.45. The van der Waals surface area contributed by atoms with Gasteiger partial charge in [-0.2, -0.15) is 0 Å². The van der Waals surface area contributed by atoms with Crippen molar-refractivity contribution in [2.45, 2.75) is 27.3 Å². The molecule has 6 nitrogen and oxygen atoms in total. The van der Waals surface area contributed by atoms with Crippen LogP contribution in [-0.4, -0.2) is 22.6 Å². The molecule has 0 bridgehead atoms. The predicted molar refractivity (Wildman–Crippen MR) is 102 cm³/mol. The van der Waals surface area contributed by atoms with E-state index in [9.17, 15) is 9.59 Å². The van der Waals surface area contributed by atoms with Crippen LogP contribution in [0.3, 0.4) is 0 Å². The van der Waals surface area contributed by atoms with Gasteiger partial charge in [0.25, 0.3) is 11.5 Å². The summed E-state index contributed by atoms with van der Waals surface area (Å²) in [7, 11) is 1.52. The number of anilines is 1.